The minimum atomic E-state index is -1.16. The van der Waals surface area contributed by atoms with Crippen molar-refractivity contribution in [1.82, 2.24) is 0 Å². The molecule has 2 N–H and O–H groups in total. The second-order valence-electron chi connectivity index (χ2n) is 6.35. The van der Waals surface area contributed by atoms with Crippen molar-refractivity contribution in [3.8, 4) is 0 Å². The lowest BCUT2D eigenvalue weighted by atomic mass is 9.89. The van der Waals surface area contributed by atoms with Crippen LogP contribution in [-0.4, -0.2) is 60.8 Å². The minimum absolute atomic E-state index is 0.108. The Morgan fingerprint density at radius 1 is 0.920 bits per heavy atom. The summed E-state index contributed by atoms with van der Waals surface area (Å²) in [5, 5.41) is 18.5. The van der Waals surface area contributed by atoms with Crippen LogP contribution >= 0.6 is 0 Å². The lowest BCUT2D eigenvalue weighted by Gasteiger charge is -2.33. The lowest BCUT2D eigenvalue weighted by Crippen LogP contribution is -2.35. The van der Waals surface area contributed by atoms with Gasteiger partial charge >= 0.3 is 11.9 Å². The molecule has 2 atom stereocenters. The van der Waals surface area contributed by atoms with Gasteiger partial charge in [-0.15, -0.1) is 0 Å². The molecule has 0 aromatic heterocycles. The van der Waals surface area contributed by atoms with Crippen LogP contribution in [0.2, 0.25) is 0 Å². The van der Waals surface area contributed by atoms with Crippen molar-refractivity contribution in [3.63, 3.8) is 0 Å². The van der Waals surface area contributed by atoms with Crippen molar-refractivity contribution in [2.24, 2.45) is 0 Å². The predicted octanol–water partition coefficient (Wildman–Crippen LogP) is 2.16. The average molecular weight is 354 g/mol. The first-order valence-corrected chi connectivity index (χ1v) is 8.69. The van der Waals surface area contributed by atoms with Crippen LogP contribution in [0.3, 0.4) is 0 Å². The Morgan fingerprint density at radius 3 is 1.88 bits per heavy atom. The summed E-state index contributed by atoms with van der Waals surface area (Å²) in [5.41, 5.74) is 0.638. The zero-order valence-electron chi connectivity index (χ0n) is 14.4. The fourth-order valence-electron chi connectivity index (χ4n) is 3.17. The fourth-order valence-corrected chi connectivity index (χ4v) is 3.17. The summed E-state index contributed by atoms with van der Waals surface area (Å²) in [5.74, 6) is -2.24. The molecule has 25 heavy (non-hydrogen) atoms. The summed E-state index contributed by atoms with van der Waals surface area (Å²) in [4.78, 5) is 22.6. The maximum Gasteiger partial charge on any atom is 0.334 e. The molecule has 0 spiro atoms. The Morgan fingerprint density at radius 2 is 1.48 bits per heavy atom. The van der Waals surface area contributed by atoms with Gasteiger partial charge in [0, 0.05) is 13.2 Å². The number of carbonyl (C=O) groups is 2. The van der Waals surface area contributed by atoms with Crippen LogP contribution < -0.4 is 0 Å². The molecule has 2 saturated heterocycles. The zero-order chi connectivity index (χ0) is 18.2. The number of hydrogen-bond donors (Lipinski definition) is 2. The van der Waals surface area contributed by atoms with E-state index in [-0.39, 0.29) is 36.6 Å². The van der Waals surface area contributed by atoms with Crippen LogP contribution in [0.1, 0.15) is 38.5 Å². The van der Waals surface area contributed by atoms with Crippen LogP contribution in [-0.2, 0) is 23.8 Å². The quantitative estimate of drug-likeness (QED) is 0.644. The molecule has 0 bridgehead atoms. The Labute approximate surface area is 147 Å². The van der Waals surface area contributed by atoms with Gasteiger partial charge in [-0.2, -0.15) is 0 Å². The van der Waals surface area contributed by atoms with Crippen molar-refractivity contribution in [2.45, 2.75) is 50.7 Å². The topological polar surface area (TPSA) is 102 Å². The van der Waals surface area contributed by atoms with Crippen molar-refractivity contribution >= 4 is 11.9 Å². The number of carboxylic acids is 2. The standard InChI is InChI=1S/C18H26O7/c1-12(17(19)20)10-23-11-13(18(21)22)16(14-6-2-4-8-24-14)15-7-3-5-9-25-15/h14-15H,1-11H2,(H,19,20)(H,21,22). The highest BCUT2D eigenvalue weighted by Gasteiger charge is 2.32. The first-order valence-electron chi connectivity index (χ1n) is 8.69. The van der Waals surface area contributed by atoms with Crippen molar-refractivity contribution < 1.29 is 34.0 Å². The molecule has 0 amide bonds. The third kappa shape index (κ3) is 5.66. The highest BCUT2D eigenvalue weighted by molar-refractivity contribution is 5.88. The second-order valence-corrected chi connectivity index (χ2v) is 6.35. The van der Waals surface area contributed by atoms with Crippen LogP contribution in [0.25, 0.3) is 0 Å². The van der Waals surface area contributed by atoms with E-state index in [1.807, 2.05) is 0 Å². The van der Waals surface area contributed by atoms with Gasteiger partial charge in [0.25, 0.3) is 0 Å². The molecule has 2 aliphatic rings. The van der Waals surface area contributed by atoms with Gasteiger partial charge in [0.05, 0.1) is 36.6 Å². The molecule has 7 nitrogen and oxygen atoms in total. The van der Waals surface area contributed by atoms with Crippen LogP contribution in [0, 0.1) is 0 Å². The normalized spacial score (nSPS) is 23.7. The van der Waals surface area contributed by atoms with E-state index >= 15 is 0 Å². The lowest BCUT2D eigenvalue weighted by molar-refractivity contribution is -0.133. The Hall–Kier alpha value is -1.70. The molecule has 140 valence electrons. The third-order valence-electron chi connectivity index (χ3n) is 4.48. The largest absolute Gasteiger partial charge is 0.478 e. The molecule has 2 rings (SSSR count). The first kappa shape index (κ1) is 19.6. The second kappa shape index (κ2) is 9.70. The molecular formula is C18H26O7. The molecule has 0 saturated carbocycles. The molecule has 7 heteroatoms. The Kier molecular flexibility index (Phi) is 7.61. The van der Waals surface area contributed by atoms with Gasteiger partial charge in [0.2, 0.25) is 0 Å². The summed E-state index contributed by atoms with van der Waals surface area (Å²) in [6.07, 6.45) is 4.83. The summed E-state index contributed by atoms with van der Waals surface area (Å²) >= 11 is 0. The third-order valence-corrected chi connectivity index (χ3v) is 4.48. The molecule has 2 aliphatic heterocycles. The molecule has 2 heterocycles. The van der Waals surface area contributed by atoms with Gasteiger partial charge in [-0.25, -0.2) is 9.59 Å². The number of carboxylic acid groups (broad SMARTS) is 2. The van der Waals surface area contributed by atoms with Gasteiger partial charge in [-0.3, -0.25) is 0 Å². The summed E-state index contributed by atoms with van der Waals surface area (Å²) in [6.45, 7) is 4.16. The van der Waals surface area contributed by atoms with E-state index in [0.29, 0.717) is 18.8 Å². The predicted molar refractivity (Wildman–Crippen MR) is 89.4 cm³/mol. The SMILES string of the molecule is C=C(COCC(C(=O)O)=C(C1CCCCO1)C1CCCCO1)C(=O)O. The average Bonchev–Trinajstić information content (AvgIpc) is 2.62. The van der Waals surface area contributed by atoms with Crippen molar-refractivity contribution in [1.29, 1.82) is 0 Å². The number of ether oxygens (including phenoxy) is 3. The van der Waals surface area contributed by atoms with Gasteiger partial charge in [0.1, 0.15) is 0 Å². The maximum absolute atomic E-state index is 11.8. The summed E-state index contributed by atoms with van der Waals surface area (Å²) in [6, 6.07) is 0. The van der Waals surface area contributed by atoms with E-state index in [4.69, 9.17) is 19.3 Å². The van der Waals surface area contributed by atoms with Gasteiger partial charge < -0.3 is 24.4 Å². The van der Waals surface area contributed by atoms with Gasteiger partial charge in [-0.05, 0) is 44.1 Å². The number of rotatable bonds is 8. The van der Waals surface area contributed by atoms with Gasteiger partial charge in [0.15, 0.2) is 0 Å². The van der Waals surface area contributed by atoms with E-state index in [2.05, 4.69) is 6.58 Å². The van der Waals surface area contributed by atoms with Crippen molar-refractivity contribution in [2.75, 3.05) is 26.4 Å². The molecule has 2 unspecified atom stereocenters. The number of aliphatic carboxylic acids is 2. The monoisotopic (exact) mass is 354 g/mol. The van der Waals surface area contributed by atoms with Crippen LogP contribution in [0.5, 0.6) is 0 Å². The maximum atomic E-state index is 11.8. The molecule has 0 aromatic carbocycles. The van der Waals surface area contributed by atoms with Crippen molar-refractivity contribution in [3.05, 3.63) is 23.3 Å². The van der Waals surface area contributed by atoms with E-state index in [0.717, 1.165) is 38.5 Å². The molecule has 0 radical (unpaired) electrons. The first-order chi connectivity index (χ1) is 12.0. The molecule has 0 aromatic rings. The summed E-state index contributed by atoms with van der Waals surface area (Å²) in [7, 11) is 0. The van der Waals surface area contributed by atoms with E-state index < -0.39 is 11.9 Å². The Bertz CT molecular complexity index is 506. The van der Waals surface area contributed by atoms with E-state index in [9.17, 15) is 14.7 Å². The van der Waals surface area contributed by atoms with Gasteiger partial charge in [-0.1, -0.05) is 6.58 Å². The van der Waals surface area contributed by atoms with E-state index in [1.54, 1.807) is 0 Å². The minimum Gasteiger partial charge on any atom is -0.478 e. The van der Waals surface area contributed by atoms with Crippen LogP contribution in [0.4, 0.5) is 0 Å². The summed E-state index contributed by atoms with van der Waals surface area (Å²) < 4.78 is 17.0. The number of hydrogen-bond acceptors (Lipinski definition) is 5. The highest BCUT2D eigenvalue weighted by Crippen LogP contribution is 2.31. The van der Waals surface area contributed by atoms with E-state index in [1.165, 1.54) is 0 Å². The van der Waals surface area contributed by atoms with Crippen LogP contribution in [0.15, 0.2) is 23.3 Å². The Balaban J connectivity index is 2.20. The fraction of sp³-hybridized carbons (Fsp3) is 0.667. The molecule has 0 aliphatic carbocycles. The highest BCUT2D eigenvalue weighted by atomic mass is 16.5. The zero-order valence-corrected chi connectivity index (χ0v) is 14.4. The molecule has 2 fully saturated rings. The smallest absolute Gasteiger partial charge is 0.334 e. The molecular weight excluding hydrogens is 328 g/mol.